The van der Waals surface area contributed by atoms with E-state index in [0.29, 0.717) is 26.4 Å². The number of rotatable bonds is 7. The van der Waals surface area contributed by atoms with Gasteiger partial charge in [-0.05, 0) is 37.0 Å². The zero-order valence-electron chi connectivity index (χ0n) is 14.2. The summed E-state index contributed by atoms with van der Waals surface area (Å²) in [6.45, 7) is 3.12. The second kappa shape index (κ2) is 8.55. The first-order valence-electron chi connectivity index (χ1n) is 8.67. The molecule has 0 aliphatic carbocycles. The van der Waals surface area contributed by atoms with Crippen LogP contribution >= 0.6 is 0 Å². The SMILES string of the molecule is COCCO[C@H]1CCN(C(=O)[C@@H]2CCOC2)[C@H]1Cc1ccncc1. The molecule has 0 saturated carbocycles. The third kappa shape index (κ3) is 4.12. The van der Waals surface area contributed by atoms with E-state index >= 15 is 0 Å². The van der Waals surface area contributed by atoms with Gasteiger partial charge in [0, 0.05) is 32.7 Å². The van der Waals surface area contributed by atoms with Gasteiger partial charge in [-0.15, -0.1) is 0 Å². The number of carbonyl (C=O) groups is 1. The van der Waals surface area contributed by atoms with Gasteiger partial charge in [-0.1, -0.05) is 0 Å². The fourth-order valence-corrected chi connectivity index (χ4v) is 3.54. The highest BCUT2D eigenvalue weighted by Crippen LogP contribution is 2.28. The van der Waals surface area contributed by atoms with Crippen LogP contribution in [0.1, 0.15) is 18.4 Å². The molecule has 2 saturated heterocycles. The zero-order valence-corrected chi connectivity index (χ0v) is 14.2. The minimum Gasteiger partial charge on any atom is -0.382 e. The van der Waals surface area contributed by atoms with Crippen molar-refractivity contribution in [1.29, 1.82) is 0 Å². The summed E-state index contributed by atoms with van der Waals surface area (Å²) in [5.74, 6) is 0.215. The molecule has 1 amide bonds. The number of likely N-dealkylation sites (tertiary alicyclic amines) is 1. The Labute approximate surface area is 143 Å². The summed E-state index contributed by atoms with van der Waals surface area (Å²) >= 11 is 0. The number of hydrogen-bond acceptors (Lipinski definition) is 5. The summed E-state index contributed by atoms with van der Waals surface area (Å²) in [7, 11) is 1.67. The van der Waals surface area contributed by atoms with Gasteiger partial charge in [-0.3, -0.25) is 9.78 Å². The van der Waals surface area contributed by atoms with E-state index in [2.05, 4.69) is 4.98 Å². The van der Waals surface area contributed by atoms with Crippen LogP contribution in [0, 0.1) is 5.92 Å². The van der Waals surface area contributed by atoms with Gasteiger partial charge in [0.2, 0.25) is 5.91 Å². The number of methoxy groups -OCH3 is 1. The van der Waals surface area contributed by atoms with E-state index in [0.717, 1.165) is 25.8 Å². The molecule has 0 unspecified atom stereocenters. The molecule has 2 fully saturated rings. The van der Waals surface area contributed by atoms with E-state index in [1.54, 1.807) is 19.5 Å². The van der Waals surface area contributed by atoms with Crippen molar-refractivity contribution < 1.29 is 19.0 Å². The van der Waals surface area contributed by atoms with Gasteiger partial charge in [-0.2, -0.15) is 0 Å². The van der Waals surface area contributed by atoms with Crippen LogP contribution in [0.2, 0.25) is 0 Å². The summed E-state index contributed by atoms with van der Waals surface area (Å²) in [6, 6.07) is 4.08. The molecule has 0 aromatic carbocycles. The van der Waals surface area contributed by atoms with E-state index in [1.165, 1.54) is 5.56 Å². The maximum Gasteiger partial charge on any atom is 0.228 e. The highest BCUT2D eigenvalue weighted by Gasteiger charge is 2.40. The van der Waals surface area contributed by atoms with Gasteiger partial charge in [0.1, 0.15) is 0 Å². The number of pyridine rings is 1. The Bertz CT molecular complexity index is 519. The Hall–Kier alpha value is -1.50. The van der Waals surface area contributed by atoms with Crippen molar-refractivity contribution in [2.24, 2.45) is 5.92 Å². The van der Waals surface area contributed by atoms with Crippen LogP contribution in [0.3, 0.4) is 0 Å². The van der Waals surface area contributed by atoms with Gasteiger partial charge in [-0.25, -0.2) is 0 Å². The molecule has 0 spiro atoms. The summed E-state index contributed by atoms with van der Waals surface area (Å²) in [5.41, 5.74) is 1.18. The van der Waals surface area contributed by atoms with Crippen LogP contribution in [0.4, 0.5) is 0 Å². The molecule has 1 aromatic rings. The van der Waals surface area contributed by atoms with E-state index in [-0.39, 0.29) is 24.0 Å². The second-order valence-electron chi connectivity index (χ2n) is 6.41. The van der Waals surface area contributed by atoms with Gasteiger partial charge < -0.3 is 19.1 Å². The fraction of sp³-hybridized carbons (Fsp3) is 0.667. The maximum absolute atomic E-state index is 12.9. The van der Waals surface area contributed by atoms with Gasteiger partial charge >= 0.3 is 0 Å². The number of aromatic nitrogens is 1. The number of amides is 1. The normalized spacial score (nSPS) is 26.9. The molecule has 3 rings (SSSR count). The summed E-state index contributed by atoms with van der Waals surface area (Å²) in [6.07, 6.45) is 6.13. The average Bonchev–Trinajstić information content (AvgIpc) is 3.26. The minimum absolute atomic E-state index is 0.00247. The van der Waals surface area contributed by atoms with Gasteiger partial charge in [0.05, 0.1) is 37.9 Å². The Morgan fingerprint density at radius 3 is 2.88 bits per heavy atom. The topological polar surface area (TPSA) is 60.9 Å². The molecular formula is C18H26N2O4. The summed E-state index contributed by atoms with van der Waals surface area (Å²) in [4.78, 5) is 19.0. The van der Waals surface area contributed by atoms with Crippen molar-refractivity contribution in [3.05, 3.63) is 30.1 Å². The van der Waals surface area contributed by atoms with Crippen LogP contribution in [-0.2, 0) is 25.4 Å². The van der Waals surface area contributed by atoms with Crippen molar-refractivity contribution in [3.8, 4) is 0 Å². The first-order valence-corrected chi connectivity index (χ1v) is 8.67. The third-order valence-electron chi connectivity index (χ3n) is 4.86. The first-order chi connectivity index (χ1) is 11.8. The Morgan fingerprint density at radius 2 is 2.17 bits per heavy atom. The number of ether oxygens (including phenoxy) is 3. The molecule has 6 nitrogen and oxygen atoms in total. The second-order valence-corrected chi connectivity index (χ2v) is 6.41. The van der Waals surface area contributed by atoms with E-state index < -0.39 is 0 Å². The van der Waals surface area contributed by atoms with Gasteiger partial charge in [0.25, 0.3) is 0 Å². The van der Waals surface area contributed by atoms with Crippen LogP contribution in [0.25, 0.3) is 0 Å². The standard InChI is InChI=1S/C18H26N2O4/c1-22-10-11-24-17-4-8-20(18(21)15-5-9-23-13-15)16(17)12-14-2-6-19-7-3-14/h2-3,6-7,15-17H,4-5,8-13H2,1H3/t15-,16+,17+/m1/s1. The zero-order chi connectivity index (χ0) is 16.8. The Morgan fingerprint density at radius 1 is 1.33 bits per heavy atom. The summed E-state index contributed by atoms with van der Waals surface area (Å²) < 4.78 is 16.5. The maximum atomic E-state index is 12.9. The van der Waals surface area contributed by atoms with E-state index in [4.69, 9.17) is 14.2 Å². The van der Waals surface area contributed by atoms with Crippen LogP contribution in [-0.4, -0.2) is 68.0 Å². The summed E-state index contributed by atoms with van der Waals surface area (Å²) in [5, 5.41) is 0. The lowest BCUT2D eigenvalue weighted by molar-refractivity contribution is -0.137. The molecule has 24 heavy (non-hydrogen) atoms. The molecule has 3 atom stereocenters. The Balaban J connectivity index is 1.70. The molecule has 132 valence electrons. The van der Waals surface area contributed by atoms with Crippen molar-refractivity contribution in [3.63, 3.8) is 0 Å². The van der Waals surface area contributed by atoms with Crippen LogP contribution in [0.5, 0.6) is 0 Å². The quantitative estimate of drug-likeness (QED) is 0.703. The predicted molar refractivity (Wildman–Crippen MR) is 88.6 cm³/mol. The highest BCUT2D eigenvalue weighted by atomic mass is 16.5. The molecule has 3 heterocycles. The highest BCUT2D eigenvalue weighted by molar-refractivity contribution is 5.80. The third-order valence-corrected chi connectivity index (χ3v) is 4.86. The molecule has 0 radical (unpaired) electrons. The molecule has 1 aromatic heterocycles. The van der Waals surface area contributed by atoms with Crippen molar-refractivity contribution in [2.75, 3.05) is 40.1 Å². The lowest BCUT2D eigenvalue weighted by atomic mass is 10.0. The number of hydrogen-bond donors (Lipinski definition) is 0. The number of carbonyl (C=O) groups excluding carboxylic acids is 1. The van der Waals surface area contributed by atoms with Gasteiger partial charge in [0.15, 0.2) is 0 Å². The molecule has 2 aliphatic rings. The molecule has 6 heteroatoms. The largest absolute Gasteiger partial charge is 0.382 e. The molecule has 0 bridgehead atoms. The Kier molecular flexibility index (Phi) is 6.18. The monoisotopic (exact) mass is 334 g/mol. The minimum atomic E-state index is 0.00247. The molecule has 2 aliphatic heterocycles. The lowest BCUT2D eigenvalue weighted by Crippen LogP contribution is -2.45. The van der Waals surface area contributed by atoms with Crippen molar-refractivity contribution in [1.82, 2.24) is 9.88 Å². The molecule has 0 N–H and O–H groups in total. The van der Waals surface area contributed by atoms with Crippen LogP contribution in [0.15, 0.2) is 24.5 Å². The average molecular weight is 334 g/mol. The molecular weight excluding hydrogens is 308 g/mol. The smallest absolute Gasteiger partial charge is 0.228 e. The number of nitrogens with zero attached hydrogens (tertiary/aromatic N) is 2. The fourth-order valence-electron chi connectivity index (χ4n) is 3.54. The van der Waals surface area contributed by atoms with E-state index in [9.17, 15) is 4.79 Å². The van der Waals surface area contributed by atoms with Crippen molar-refractivity contribution in [2.45, 2.75) is 31.4 Å². The lowest BCUT2D eigenvalue weighted by Gasteiger charge is -2.30. The van der Waals surface area contributed by atoms with Crippen molar-refractivity contribution >= 4 is 5.91 Å². The van der Waals surface area contributed by atoms with E-state index in [1.807, 2.05) is 17.0 Å². The first kappa shape index (κ1) is 17.3. The predicted octanol–water partition coefficient (Wildman–Crippen LogP) is 1.29. The van der Waals surface area contributed by atoms with Crippen LogP contribution < -0.4 is 0 Å².